The van der Waals surface area contributed by atoms with Gasteiger partial charge < -0.3 is 0 Å². The molecule has 2 aromatic rings. The van der Waals surface area contributed by atoms with Gasteiger partial charge in [-0.1, -0.05) is 37.9 Å². The summed E-state index contributed by atoms with van der Waals surface area (Å²) in [5.74, 6) is 0. The minimum Gasteiger partial charge on any atom is -0.250 e. The molecule has 0 radical (unpaired) electrons. The molecule has 6 heteroatoms. The summed E-state index contributed by atoms with van der Waals surface area (Å²) in [6.45, 7) is 0. The van der Waals surface area contributed by atoms with Crippen LogP contribution >= 0.6 is 63.7 Å². The maximum absolute atomic E-state index is 4.60. The fourth-order valence-electron chi connectivity index (χ4n) is 1.47. The molecule has 0 atom stereocenters. The standard InChI is InChI=1S/C12H8Br4N2/c13-5-7-2-1-3-10(17-7)12-11(16)9(15)4-8(6-14)18-12/h1-4H,5-6H2. The Kier molecular flexibility index (Phi) is 5.35. The summed E-state index contributed by atoms with van der Waals surface area (Å²) >= 11 is 13.9. The van der Waals surface area contributed by atoms with Crippen LogP contribution in [0.15, 0.2) is 33.2 Å². The van der Waals surface area contributed by atoms with E-state index in [1.807, 2.05) is 24.3 Å². The number of rotatable bonds is 3. The van der Waals surface area contributed by atoms with Gasteiger partial charge in [-0.3, -0.25) is 4.98 Å². The van der Waals surface area contributed by atoms with Crippen LogP contribution in [0.1, 0.15) is 11.4 Å². The normalized spacial score (nSPS) is 10.7. The number of hydrogen-bond donors (Lipinski definition) is 0. The Bertz CT molecular complexity index is 572. The van der Waals surface area contributed by atoms with Crippen LogP contribution in [-0.2, 0) is 10.7 Å². The van der Waals surface area contributed by atoms with E-state index in [2.05, 4.69) is 73.7 Å². The third-order valence-corrected chi connectivity index (χ3v) is 5.40. The smallest absolute Gasteiger partial charge is 0.104 e. The van der Waals surface area contributed by atoms with Gasteiger partial charge in [0, 0.05) is 15.1 Å². The van der Waals surface area contributed by atoms with Gasteiger partial charge in [0.15, 0.2) is 0 Å². The molecule has 0 bridgehead atoms. The van der Waals surface area contributed by atoms with Crippen molar-refractivity contribution < 1.29 is 0 Å². The number of pyridine rings is 2. The molecule has 18 heavy (non-hydrogen) atoms. The maximum Gasteiger partial charge on any atom is 0.104 e. The molecule has 0 saturated carbocycles. The molecule has 0 fully saturated rings. The van der Waals surface area contributed by atoms with Crippen molar-refractivity contribution in [3.05, 3.63) is 44.6 Å². The van der Waals surface area contributed by atoms with Crippen LogP contribution in [0.3, 0.4) is 0 Å². The molecule has 94 valence electrons. The van der Waals surface area contributed by atoms with Crippen LogP contribution in [0.25, 0.3) is 11.4 Å². The molecular weight excluding hydrogens is 492 g/mol. The lowest BCUT2D eigenvalue weighted by molar-refractivity contribution is 1.12. The van der Waals surface area contributed by atoms with E-state index in [0.29, 0.717) is 5.33 Å². The van der Waals surface area contributed by atoms with Gasteiger partial charge in [0.05, 0.1) is 21.6 Å². The topological polar surface area (TPSA) is 25.8 Å². The monoisotopic (exact) mass is 496 g/mol. The molecule has 0 aliphatic heterocycles. The zero-order valence-corrected chi connectivity index (χ0v) is 15.5. The lowest BCUT2D eigenvalue weighted by atomic mass is 10.2. The lowest BCUT2D eigenvalue weighted by Gasteiger charge is -2.08. The molecule has 0 saturated heterocycles. The highest BCUT2D eigenvalue weighted by molar-refractivity contribution is 9.13. The van der Waals surface area contributed by atoms with Crippen molar-refractivity contribution in [2.75, 3.05) is 0 Å². The summed E-state index contributed by atoms with van der Waals surface area (Å²) in [5, 5.41) is 1.45. The average Bonchev–Trinajstić information content (AvgIpc) is 2.41. The number of alkyl halides is 2. The molecule has 2 heterocycles. The lowest BCUT2D eigenvalue weighted by Crippen LogP contribution is -1.96. The Balaban J connectivity index is 2.58. The number of halogens is 4. The largest absolute Gasteiger partial charge is 0.250 e. The van der Waals surface area contributed by atoms with Gasteiger partial charge in [-0.05, 0) is 50.1 Å². The second-order valence-corrected chi connectivity index (χ2v) is 6.31. The SMILES string of the molecule is BrCc1cccc(-c2nc(CBr)cc(Br)c2Br)n1. The van der Waals surface area contributed by atoms with Crippen LogP contribution < -0.4 is 0 Å². The van der Waals surface area contributed by atoms with Crippen LogP contribution in [0.5, 0.6) is 0 Å². The second kappa shape index (κ2) is 6.59. The van der Waals surface area contributed by atoms with Crippen molar-refractivity contribution in [1.82, 2.24) is 9.97 Å². The molecule has 0 spiro atoms. The number of hydrogen-bond acceptors (Lipinski definition) is 2. The van der Waals surface area contributed by atoms with E-state index < -0.39 is 0 Å². The highest BCUT2D eigenvalue weighted by Gasteiger charge is 2.12. The van der Waals surface area contributed by atoms with E-state index in [-0.39, 0.29) is 0 Å². The second-order valence-electron chi connectivity index (χ2n) is 3.54. The molecule has 0 aliphatic rings. The van der Waals surface area contributed by atoms with Gasteiger partial charge in [0.2, 0.25) is 0 Å². The molecular formula is C12H8Br4N2. The Morgan fingerprint density at radius 1 is 0.944 bits per heavy atom. The molecule has 0 aliphatic carbocycles. The van der Waals surface area contributed by atoms with Gasteiger partial charge in [0.25, 0.3) is 0 Å². The van der Waals surface area contributed by atoms with Crippen LogP contribution in [0.2, 0.25) is 0 Å². The van der Waals surface area contributed by atoms with E-state index in [9.17, 15) is 0 Å². The van der Waals surface area contributed by atoms with Crippen molar-refractivity contribution >= 4 is 63.7 Å². The summed E-state index contributed by atoms with van der Waals surface area (Å²) in [6.07, 6.45) is 0. The van der Waals surface area contributed by atoms with E-state index >= 15 is 0 Å². The maximum atomic E-state index is 4.60. The minimum absolute atomic E-state index is 0.712. The van der Waals surface area contributed by atoms with Gasteiger partial charge in [-0.2, -0.15) is 0 Å². The highest BCUT2D eigenvalue weighted by Crippen LogP contribution is 2.33. The van der Waals surface area contributed by atoms with Crippen LogP contribution in [-0.4, -0.2) is 9.97 Å². The first-order chi connectivity index (χ1) is 8.65. The van der Waals surface area contributed by atoms with Crippen molar-refractivity contribution in [3.63, 3.8) is 0 Å². The zero-order valence-electron chi connectivity index (χ0n) is 9.13. The van der Waals surface area contributed by atoms with Crippen molar-refractivity contribution in [3.8, 4) is 11.4 Å². The van der Waals surface area contributed by atoms with E-state index in [0.717, 1.165) is 37.1 Å². The third kappa shape index (κ3) is 3.21. The molecule has 2 rings (SSSR count). The molecule has 0 aromatic carbocycles. The summed E-state index contributed by atoms with van der Waals surface area (Å²) < 4.78 is 1.90. The van der Waals surface area contributed by atoms with Crippen LogP contribution in [0.4, 0.5) is 0 Å². The Labute approximate surface area is 139 Å². The Morgan fingerprint density at radius 3 is 2.33 bits per heavy atom. The predicted molar refractivity (Wildman–Crippen MR) is 88.1 cm³/mol. The van der Waals surface area contributed by atoms with Gasteiger partial charge in [-0.25, -0.2) is 4.98 Å². The summed E-state index contributed by atoms with van der Waals surface area (Å²) in [5.41, 5.74) is 3.66. The Morgan fingerprint density at radius 2 is 1.67 bits per heavy atom. The van der Waals surface area contributed by atoms with Gasteiger partial charge >= 0.3 is 0 Å². The van der Waals surface area contributed by atoms with Crippen molar-refractivity contribution in [2.24, 2.45) is 0 Å². The first-order valence-corrected chi connectivity index (χ1v) is 8.91. The summed E-state index contributed by atoms with van der Waals surface area (Å²) in [6, 6.07) is 7.91. The number of aromatic nitrogens is 2. The quantitative estimate of drug-likeness (QED) is 0.524. The summed E-state index contributed by atoms with van der Waals surface area (Å²) in [7, 11) is 0. The fraction of sp³-hybridized carbons (Fsp3) is 0.167. The predicted octanol–water partition coefficient (Wildman–Crippen LogP) is 5.46. The Hall–Kier alpha value is 0.220. The van der Waals surface area contributed by atoms with Gasteiger partial charge in [-0.15, -0.1) is 0 Å². The van der Waals surface area contributed by atoms with Crippen molar-refractivity contribution in [1.29, 1.82) is 0 Å². The zero-order chi connectivity index (χ0) is 13.1. The third-order valence-electron chi connectivity index (χ3n) is 2.29. The molecule has 0 N–H and O–H groups in total. The van der Waals surface area contributed by atoms with Crippen molar-refractivity contribution in [2.45, 2.75) is 10.7 Å². The van der Waals surface area contributed by atoms with E-state index in [1.54, 1.807) is 0 Å². The van der Waals surface area contributed by atoms with Crippen LogP contribution in [0, 0.1) is 0 Å². The minimum atomic E-state index is 0.712. The van der Waals surface area contributed by atoms with Gasteiger partial charge in [0.1, 0.15) is 5.69 Å². The number of nitrogens with zero attached hydrogens (tertiary/aromatic N) is 2. The fourth-order valence-corrected chi connectivity index (χ4v) is 2.93. The molecule has 0 amide bonds. The first kappa shape index (κ1) is 14.6. The van der Waals surface area contributed by atoms with E-state index in [4.69, 9.17) is 0 Å². The average molecular weight is 500 g/mol. The molecule has 0 unspecified atom stereocenters. The summed E-state index contributed by atoms with van der Waals surface area (Å²) in [4.78, 5) is 9.16. The van der Waals surface area contributed by atoms with E-state index in [1.165, 1.54) is 0 Å². The highest BCUT2D eigenvalue weighted by atomic mass is 79.9. The molecule has 2 aromatic heterocycles. The first-order valence-electron chi connectivity index (χ1n) is 5.09. The molecule has 2 nitrogen and oxygen atoms in total.